The summed E-state index contributed by atoms with van der Waals surface area (Å²) in [6.07, 6.45) is 0. The van der Waals surface area contributed by atoms with Crippen LogP contribution in [-0.2, 0) is 0 Å². The summed E-state index contributed by atoms with van der Waals surface area (Å²) in [5, 5.41) is 0. The van der Waals surface area contributed by atoms with Gasteiger partial charge in [0.1, 0.15) is 5.75 Å². The second-order valence-electron chi connectivity index (χ2n) is 3.18. The molecule has 0 heterocycles. The number of anilines is 1. The molecule has 0 fully saturated rings. The molecule has 1 aromatic carbocycles. The number of hydrogen-bond donors (Lipinski definition) is 1. The van der Waals surface area contributed by atoms with E-state index < -0.39 is 5.51 Å². The minimum Gasteiger partial charge on any atom is -0.491 e. The van der Waals surface area contributed by atoms with Crippen molar-refractivity contribution in [1.29, 1.82) is 0 Å². The van der Waals surface area contributed by atoms with E-state index in [4.69, 9.17) is 10.5 Å². The minimum absolute atomic E-state index is 0.0164. The Balaban J connectivity index is 2.38. The normalized spacial score (nSPS) is 11.5. The maximum Gasteiger partial charge on any atom is 0.441 e. The molecule has 0 unspecified atom stereocenters. The second-order valence-corrected chi connectivity index (χ2v) is 4.34. The number of nitrogen functional groups attached to an aromatic ring is 1. The number of thioether (sulfide) groups is 1. The third-order valence-electron chi connectivity index (χ3n) is 1.77. The smallest absolute Gasteiger partial charge is 0.441 e. The summed E-state index contributed by atoms with van der Waals surface area (Å²) in [5.74, 6) is 0.282. The maximum absolute atomic E-state index is 11.8. The lowest BCUT2D eigenvalue weighted by atomic mass is 10.2. The van der Waals surface area contributed by atoms with E-state index in [2.05, 4.69) is 0 Å². The molecule has 2 N–H and O–H groups in total. The average molecular weight is 251 g/mol. The topological polar surface area (TPSA) is 35.2 Å². The van der Waals surface area contributed by atoms with Gasteiger partial charge in [0.25, 0.3) is 0 Å². The van der Waals surface area contributed by atoms with Gasteiger partial charge in [0, 0.05) is 5.75 Å². The number of benzene rings is 1. The van der Waals surface area contributed by atoms with E-state index in [0.717, 1.165) is 5.56 Å². The molecule has 0 saturated heterocycles. The molecule has 0 aliphatic heterocycles. The summed E-state index contributed by atoms with van der Waals surface area (Å²) in [7, 11) is 0. The Labute approximate surface area is 96.0 Å². The molecular formula is C10H12F3NOS. The fourth-order valence-electron chi connectivity index (χ4n) is 1.11. The van der Waals surface area contributed by atoms with Crippen molar-refractivity contribution in [3.63, 3.8) is 0 Å². The number of rotatable bonds is 4. The Morgan fingerprint density at radius 2 is 2.06 bits per heavy atom. The van der Waals surface area contributed by atoms with Crippen molar-refractivity contribution >= 4 is 17.4 Å². The van der Waals surface area contributed by atoms with Gasteiger partial charge in [0.05, 0.1) is 12.3 Å². The molecule has 0 aliphatic rings. The van der Waals surface area contributed by atoms with Gasteiger partial charge in [0.2, 0.25) is 0 Å². The van der Waals surface area contributed by atoms with Crippen molar-refractivity contribution in [2.75, 3.05) is 18.1 Å². The number of hydrogen-bond acceptors (Lipinski definition) is 3. The van der Waals surface area contributed by atoms with E-state index in [0.29, 0.717) is 11.4 Å². The highest BCUT2D eigenvalue weighted by atomic mass is 32.2. The molecule has 0 atom stereocenters. The van der Waals surface area contributed by atoms with Crippen molar-refractivity contribution in [3.8, 4) is 5.75 Å². The van der Waals surface area contributed by atoms with Crippen LogP contribution in [0.5, 0.6) is 5.75 Å². The zero-order valence-electron chi connectivity index (χ0n) is 8.67. The molecule has 0 aliphatic carbocycles. The fourth-order valence-corrected chi connectivity index (χ4v) is 1.51. The van der Waals surface area contributed by atoms with E-state index in [1.165, 1.54) is 0 Å². The molecule has 0 amide bonds. The van der Waals surface area contributed by atoms with Gasteiger partial charge in [-0.3, -0.25) is 0 Å². The number of alkyl halides is 3. The van der Waals surface area contributed by atoms with Gasteiger partial charge in [-0.1, -0.05) is 6.07 Å². The van der Waals surface area contributed by atoms with Crippen molar-refractivity contribution in [2.24, 2.45) is 0 Å². The molecular weight excluding hydrogens is 239 g/mol. The Morgan fingerprint density at radius 3 is 2.62 bits per heavy atom. The Bertz CT molecular complexity index is 354. The van der Waals surface area contributed by atoms with Crippen LogP contribution in [0.1, 0.15) is 5.56 Å². The summed E-state index contributed by atoms with van der Waals surface area (Å²) in [6, 6.07) is 5.16. The van der Waals surface area contributed by atoms with E-state index >= 15 is 0 Å². The molecule has 16 heavy (non-hydrogen) atoms. The first-order valence-electron chi connectivity index (χ1n) is 4.58. The molecule has 1 rings (SSSR count). The van der Waals surface area contributed by atoms with Crippen LogP contribution in [0.25, 0.3) is 0 Å². The highest BCUT2D eigenvalue weighted by Gasteiger charge is 2.27. The average Bonchev–Trinajstić information content (AvgIpc) is 2.13. The van der Waals surface area contributed by atoms with Crippen LogP contribution in [-0.4, -0.2) is 17.9 Å². The van der Waals surface area contributed by atoms with E-state index in [1.807, 2.05) is 6.92 Å². The van der Waals surface area contributed by atoms with Gasteiger partial charge >= 0.3 is 5.51 Å². The van der Waals surface area contributed by atoms with Gasteiger partial charge < -0.3 is 10.5 Å². The lowest BCUT2D eigenvalue weighted by molar-refractivity contribution is -0.0329. The van der Waals surface area contributed by atoms with Crippen LogP contribution >= 0.6 is 11.8 Å². The standard InChI is InChI=1S/C10H12F3NOS/c1-7-2-3-9(8(14)6-7)15-4-5-16-10(11,12)13/h2-3,6H,4-5,14H2,1H3. The predicted octanol–water partition coefficient (Wildman–Crippen LogP) is 3.21. The van der Waals surface area contributed by atoms with Crippen molar-refractivity contribution in [3.05, 3.63) is 23.8 Å². The maximum atomic E-state index is 11.8. The third kappa shape index (κ3) is 4.65. The summed E-state index contributed by atoms with van der Waals surface area (Å²) in [4.78, 5) is 0. The summed E-state index contributed by atoms with van der Waals surface area (Å²) >= 11 is -0.104. The molecule has 0 saturated carbocycles. The first kappa shape index (κ1) is 13.0. The number of halogens is 3. The van der Waals surface area contributed by atoms with E-state index in [9.17, 15) is 13.2 Å². The molecule has 6 heteroatoms. The Hall–Kier alpha value is -1.04. The lowest BCUT2D eigenvalue weighted by Crippen LogP contribution is -2.08. The summed E-state index contributed by atoms with van der Waals surface area (Å²) in [6.45, 7) is 1.86. The van der Waals surface area contributed by atoms with Gasteiger partial charge in [0.15, 0.2) is 0 Å². The Kier molecular flexibility index (Phi) is 4.35. The van der Waals surface area contributed by atoms with Gasteiger partial charge in [-0.05, 0) is 36.4 Å². The SMILES string of the molecule is Cc1ccc(OCCSC(F)(F)F)c(N)c1. The summed E-state index contributed by atoms with van der Waals surface area (Å²) < 4.78 is 40.5. The van der Waals surface area contributed by atoms with Gasteiger partial charge in [-0.15, -0.1) is 0 Å². The predicted molar refractivity (Wildman–Crippen MR) is 59.6 cm³/mol. The van der Waals surface area contributed by atoms with Crippen molar-refractivity contribution in [2.45, 2.75) is 12.4 Å². The highest BCUT2D eigenvalue weighted by Crippen LogP contribution is 2.30. The number of nitrogens with two attached hydrogens (primary N) is 1. The molecule has 0 bridgehead atoms. The number of ether oxygens (including phenoxy) is 1. The second kappa shape index (κ2) is 5.34. The lowest BCUT2D eigenvalue weighted by Gasteiger charge is -2.10. The van der Waals surface area contributed by atoms with Crippen LogP contribution < -0.4 is 10.5 Å². The quantitative estimate of drug-likeness (QED) is 0.659. The zero-order valence-corrected chi connectivity index (χ0v) is 9.49. The van der Waals surface area contributed by atoms with Crippen LogP contribution in [0.15, 0.2) is 18.2 Å². The van der Waals surface area contributed by atoms with Crippen LogP contribution in [0.4, 0.5) is 18.9 Å². The molecule has 0 spiro atoms. The summed E-state index contributed by atoms with van der Waals surface area (Å²) in [5.41, 5.74) is 2.85. The van der Waals surface area contributed by atoms with Gasteiger partial charge in [-0.25, -0.2) is 0 Å². The zero-order chi connectivity index (χ0) is 12.2. The van der Waals surface area contributed by atoms with E-state index in [-0.39, 0.29) is 24.1 Å². The first-order valence-corrected chi connectivity index (χ1v) is 5.56. The Morgan fingerprint density at radius 1 is 1.38 bits per heavy atom. The molecule has 1 aromatic rings. The van der Waals surface area contributed by atoms with Crippen LogP contribution in [0.3, 0.4) is 0 Å². The third-order valence-corrected chi connectivity index (χ3v) is 2.47. The molecule has 90 valence electrons. The largest absolute Gasteiger partial charge is 0.491 e. The highest BCUT2D eigenvalue weighted by molar-refractivity contribution is 8.00. The fraction of sp³-hybridized carbons (Fsp3) is 0.400. The minimum atomic E-state index is -4.21. The first-order chi connectivity index (χ1) is 7.38. The number of aryl methyl sites for hydroxylation is 1. The van der Waals surface area contributed by atoms with E-state index in [1.54, 1.807) is 18.2 Å². The molecule has 0 aromatic heterocycles. The van der Waals surface area contributed by atoms with Gasteiger partial charge in [-0.2, -0.15) is 13.2 Å². The van der Waals surface area contributed by atoms with Crippen molar-refractivity contribution < 1.29 is 17.9 Å². The van der Waals surface area contributed by atoms with Crippen LogP contribution in [0.2, 0.25) is 0 Å². The monoisotopic (exact) mass is 251 g/mol. The molecule has 2 nitrogen and oxygen atoms in total. The van der Waals surface area contributed by atoms with Crippen molar-refractivity contribution in [1.82, 2.24) is 0 Å². The van der Waals surface area contributed by atoms with Crippen LogP contribution in [0, 0.1) is 6.92 Å². The molecule has 0 radical (unpaired) electrons.